The van der Waals surface area contributed by atoms with Gasteiger partial charge in [0.2, 0.25) is 10.0 Å². The molecule has 1 aromatic rings. The average molecular weight is 350 g/mol. The molecule has 2 aliphatic rings. The van der Waals surface area contributed by atoms with E-state index >= 15 is 0 Å². The zero-order chi connectivity index (χ0) is 15.7. The number of rotatable bonds is 3. The Bertz CT molecular complexity index is 648. The van der Waals surface area contributed by atoms with Crippen molar-refractivity contribution in [1.29, 1.82) is 0 Å². The van der Waals surface area contributed by atoms with E-state index in [0.717, 1.165) is 25.0 Å². The zero-order valence-corrected chi connectivity index (χ0v) is 13.4. The summed E-state index contributed by atoms with van der Waals surface area (Å²) in [5.41, 5.74) is 0. The molecule has 0 radical (unpaired) electrons. The molecule has 1 atom stereocenters. The summed E-state index contributed by atoms with van der Waals surface area (Å²) in [6.07, 6.45) is 1.84. The van der Waals surface area contributed by atoms with Gasteiger partial charge in [-0.1, -0.05) is 18.0 Å². The van der Waals surface area contributed by atoms with Gasteiger partial charge in [0.05, 0.1) is 29.2 Å². The number of nitrogens with zero attached hydrogens (tertiary/aromatic N) is 1. The van der Waals surface area contributed by atoms with Crippen LogP contribution in [0.5, 0.6) is 0 Å². The highest BCUT2D eigenvalue weighted by atomic mass is 35.5. The van der Waals surface area contributed by atoms with Crippen LogP contribution >= 0.6 is 11.6 Å². The van der Waals surface area contributed by atoms with Gasteiger partial charge < -0.3 is 9.47 Å². The van der Waals surface area contributed by atoms with Gasteiger partial charge in [0.25, 0.3) is 0 Å². The van der Waals surface area contributed by atoms with Gasteiger partial charge in [0.1, 0.15) is 5.82 Å². The summed E-state index contributed by atoms with van der Waals surface area (Å²) >= 11 is 5.71. The number of benzene rings is 1. The third kappa shape index (κ3) is 3.00. The van der Waals surface area contributed by atoms with Gasteiger partial charge in [-0.05, 0) is 31.0 Å². The maximum absolute atomic E-state index is 13.3. The standard InChI is InChI=1S/C14H17ClFNO4S/c15-11-9-10(4-5-12(11)16)22(18,19)17-6-2-1-3-13(17)14-20-7-8-21-14/h4-5,9,13-14H,1-3,6-8H2/t13-/m0/s1. The van der Waals surface area contributed by atoms with Gasteiger partial charge in [0, 0.05) is 6.54 Å². The summed E-state index contributed by atoms with van der Waals surface area (Å²) < 4.78 is 51.3. The molecule has 3 rings (SSSR count). The Morgan fingerprint density at radius 2 is 1.95 bits per heavy atom. The van der Waals surface area contributed by atoms with Crippen molar-refractivity contribution in [3.05, 3.63) is 29.0 Å². The molecule has 0 unspecified atom stereocenters. The zero-order valence-electron chi connectivity index (χ0n) is 11.9. The largest absolute Gasteiger partial charge is 0.349 e. The van der Waals surface area contributed by atoms with Crippen molar-refractivity contribution in [3.8, 4) is 0 Å². The van der Waals surface area contributed by atoms with E-state index in [4.69, 9.17) is 21.1 Å². The highest BCUT2D eigenvalue weighted by Crippen LogP contribution is 2.31. The van der Waals surface area contributed by atoms with Crippen molar-refractivity contribution < 1.29 is 22.3 Å². The average Bonchev–Trinajstić information content (AvgIpc) is 3.04. The Morgan fingerprint density at radius 3 is 2.64 bits per heavy atom. The minimum Gasteiger partial charge on any atom is -0.349 e. The first-order chi connectivity index (χ1) is 10.5. The molecule has 2 fully saturated rings. The fourth-order valence-corrected chi connectivity index (χ4v) is 4.83. The third-order valence-corrected chi connectivity index (χ3v) is 6.17. The van der Waals surface area contributed by atoms with E-state index in [1.165, 1.54) is 10.4 Å². The normalized spacial score (nSPS) is 24.7. The van der Waals surface area contributed by atoms with Crippen LogP contribution < -0.4 is 0 Å². The van der Waals surface area contributed by atoms with E-state index in [-0.39, 0.29) is 16.0 Å². The maximum Gasteiger partial charge on any atom is 0.243 e. The van der Waals surface area contributed by atoms with Crippen LogP contribution in [-0.2, 0) is 19.5 Å². The second-order valence-electron chi connectivity index (χ2n) is 5.36. The smallest absolute Gasteiger partial charge is 0.243 e. The number of sulfonamides is 1. The lowest BCUT2D eigenvalue weighted by Crippen LogP contribution is -2.50. The van der Waals surface area contributed by atoms with Gasteiger partial charge in [-0.25, -0.2) is 12.8 Å². The van der Waals surface area contributed by atoms with Gasteiger partial charge in [-0.3, -0.25) is 0 Å². The molecule has 0 spiro atoms. The van der Waals surface area contributed by atoms with E-state index in [2.05, 4.69) is 0 Å². The fourth-order valence-electron chi connectivity index (χ4n) is 2.87. The van der Waals surface area contributed by atoms with E-state index in [1.807, 2.05) is 0 Å². The molecule has 22 heavy (non-hydrogen) atoms. The van der Waals surface area contributed by atoms with E-state index in [1.54, 1.807) is 0 Å². The lowest BCUT2D eigenvalue weighted by molar-refractivity contribution is -0.0913. The van der Waals surface area contributed by atoms with Crippen LogP contribution in [0.4, 0.5) is 4.39 Å². The Hall–Kier alpha value is -0.730. The first-order valence-corrected chi connectivity index (χ1v) is 9.02. The van der Waals surface area contributed by atoms with E-state index < -0.39 is 22.1 Å². The molecule has 5 nitrogen and oxygen atoms in total. The van der Waals surface area contributed by atoms with Crippen LogP contribution in [0.2, 0.25) is 5.02 Å². The molecule has 0 N–H and O–H groups in total. The molecule has 0 saturated carbocycles. The predicted octanol–water partition coefficient (Wildman–Crippen LogP) is 2.40. The first kappa shape index (κ1) is 16.1. The van der Waals surface area contributed by atoms with Crippen LogP contribution in [0.15, 0.2) is 23.1 Å². The molecule has 122 valence electrons. The number of hydrogen-bond donors (Lipinski definition) is 0. The third-order valence-electron chi connectivity index (χ3n) is 3.96. The van der Waals surface area contributed by atoms with Gasteiger partial charge in [-0.15, -0.1) is 0 Å². The fraction of sp³-hybridized carbons (Fsp3) is 0.571. The Labute approximate surface area is 134 Å². The summed E-state index contributed by atoms with van der Waals surface area (Å²) in [4.78, 5) is -0.0104. The second-order valence-corrected chi connectivity index (χ2v) is 7.66. The number of hydrogen-bond acceptors (Lipinski definition) is 4. The van der Waals surface area contributed by atoms with Crippen molar-refractivity contribution >= 4 is 21.6 Å². The SMILES string of the molecule is O=S(=O)(c1ccc(F)c(Cl)c1)N1CCCC[C@H]1C1OCCO1. The number of halogens is 2. The Morgan fingerprint density at radius 1 is 1.23 bits per heavy atom. The Kier molecular flexibility index (Phi) is 4.70. The minimum atomic E-state index is -3.77. The number of piperidine rings is 1. The quantitative estimate of drug-likeness (QED) is 0.840. The molecular weight excluding hydrogens is 333 g/mol. The van der Waals surface area contributed by atoms with Crippen LogP contribution in [0.25, 0.3) is 0 Å². The minimum absolute atomic E-state index is 0.0104. The van der Waals surface area contributed by atoms with Crippen LogP contribution in [0.3, 0.4) is 0 Å². The molecule has 2 aliphatic heterocycles. The van der Waals surface area contributed by atoms with Crippen LogP contribution in [0.1, 0.15) is 19.3 Å². The monoisotopic (exact) mass is 349 g/mol. The molecule has 0 aliphatic carbocycles. The van der Waals surface area contributed by atoms with Crippen molar-refractivity contribution in [1.82, 2.24) is 4.31 Å². The molecule has 2 saturated heterocycles. The lowest BCUT2D eigenvalue weighted by atomic mass is 10.0. The molecule has 0 amide bonds. The molecular formula is C14H17ClFNO4S. The van der Waals surface area contributed by atoms with Gasteiger partial charge in [0.15, 0.2) is 6.29 Å². The van der Waals surface area contributed by atoms with E-state index in [9.17, 15) is 12.8 Å². The highest BCUT2D eigenvalue weighted by molar-refractivity contribution is 7.89. The summed E-state index contributed by atoms with van der Waals surface area (Å²) in [5.74, 6) is -0.640. The lowest BCUT2D eigenvalue weighted by Gasteiger charge is -2.36. The van der Waals surface area contributed by atoms with Crippen LogP contribution in [-0.4, -0.2) is 44.8 Å². The summed E-state index contributed by atoms with van der Waals surface area (Å²) in [5, 5.41) is -0.206. The highest BCUT2D eigenvalue weighted by Gasteiger charge is 2.40. The van der Waals surface area contributed by atoms with Crippen molar-refractivity contribution in [2.75, 3.05) is 19.8 Å². The topological polar surface area (TPSA) is 55.8 Å². The summed E-state index contributed by atoms with van der Waals surface area (Å²) in [7, 11) is -3.77. The van der Waals surface area contributed by atoms with E-state index in [0.29, 0.717) is 26.2 Å². The van der Waals surface area contributed by atoms with Gasteiger partial charge in [-0.2, -0.15) is 4.31 Å². The molecule has 2 heterocycles. The number of ether oxygens (including phenoxy) is 2. The maximum atomic E-state index is 13.3. The molecule has 8 heteroatoms. The molecule has 0 aromatic heterocycles. The van der Waals surface area contributed by atoms with Gasteiger partial charge >= 0.3 is 0 Å². The molecule has 0 bridgehead atoms. The van der Waals surface area contributed by atoms with Crippen LogP contribution in [0, 0.1) is 5.82 Å². The summed E-state index contributed by atoms with van der Waals surface area (Å²) in [6, 6.07) is 3.09. The second kappa shape index (κ2) is 6.41. The summed E-state index contributed by atoms with van der Waals surface area (Å²) in [6.45, 7) is 1.33. The first-order valence-electron chi connectivity index (χ1n) is 7.20. The van der Waals surface area contributed by atoms with Crippen molar-refractivity contribution in [2.24, 2.45) is 0 Å². The molecule has 1 aromatic carbocycles. The Balaban J connectivity index is 1.92. The predicted molar refractivity (Wildman–Crippen MR) is 78.6 cm³/mol. The van der Waals surface area contributed by atoms with Crippen molar-refractivity contribution in [2.45, 2.75) is 36.5 Å². The van der Waals surface area contributed by atoms with Crippen molar-refractivity contribution in [3.63, 3.8) is 0 Å².